The van der Waals surface area contributed by atoms with Crippen molar-refractivity contribution in [3.63, 3.8) is 0 Å². The Labute approximate surface area is 272 Å². The van der Waals surface area contributed by atoms with Gasteiger partial charge in [-0.2, -0.15) is 9.29 Å². The van der Waals surface area contributed by atoms with E-state index < -0.39 is 52.3 Å². The standard InChI is InChI=1S/C28H25F7N6O5S2/c29-19-11-15(1-8-21(19)46-28(33,34)35)12-37-25(42)20-14-40(26-39-24-22(47-26)13-36-23(38-24)16-2-3-16)9-10-41(20)48(43,44)18-6-4-17(5-7-18)45-27(30,31)32/h1,4-8,11,13,16,20,25,37,42H,2-3,9-10,12,14H2/t20-,25?/m1/s1. The average Bonchev–Trinajstić information content (AvgIpc) is 3.78. The molecule has 0 radical (unpaired) electrons. The molecular formula is C28H25F7N6O5S2. The molecule has 11 nitrogen and oxygen atoms in total. The summed E-state index contributed by atoms with van der Waals surface area (Å²) < 4.78 is 127. The summed E-state index contributed by atoms with van der Waals surface area (Å²) in [5.41, 5.74) is 0.581. The van der Waals surface area contributed by atoms with Crippen LogP contribution in [0.3, 0.4) is 0 Å². The highest BCUT2D eigenvalue weighted by molar-refractivity contribution is 7.89. The van der Waals surface area contributed by atoms with Gasteiger partial charge in [0.05, 0.1) is 21.8 Å². The van der Waals surface area contributed by atoms with E-state index in [-0.39, 0.29) is 42.6 Å². The normalized spacial score (nSPS) is 18.7. The van der Waals surface area contributed by atoms with Crippen LogP contribution in [0.15, 0.2) is 53.6 Å². The van der Waals surface area contributed by atoms with Crippen molar-refractivity contribution in [1.82, 2.24) is 24.6 Å². The van der Waals surface area contributed by atoms with Crippen LogP contribution < -0.4 is 19.7 Å². The minimum atomic E-state index is -5.11. The van der Waals surface area contributed by atoms with Crippen molar-refractivity contribution < 1.29 is 53.7 Å². The number of aliphatic hydroxyl groups excluding tert-OH is 1. The van der Waals surface area contributed by atoms with E-state index in [1.807, 2.05) is 0 Å². The molecule has 1 aliphatic heterocycles. The SMILES string of the molecule is O=S(=O)(c1ccc(OC(F)(F)F)cc1)N1CCN(c2nc3nc(C4CC4)ncc3s2)C[C@@H]1C(O)NCc1ccc(OC(F)(F)F)c(F)c1. The second kappa shape index (κ2) is 12.9. The van der Waals surface area contributed by atoms with E-state index in [4.69, 9.17) is 0 Å². The highest BCUT2D eigenvalue weighted by Gasteiger charge is 2.41. The van der Waals surface area contributed by atoms with Crippen LogP contribution in [0.25, 0.3) is 10.3 Å². The van der Waals surface area contributed by atoms with E-state index in [1.165, 1.54) is 11.3 Å². The maximum absolute atomic E-state index is 14.3. The second-order valence-electron chi connectivity index (χ2n) is 11.0. The van der Waals surface area contributed by atoms with Crippen LogP contribution in [-0.4, -0.2) is 77.4 Å². The molecule has 1 aliphatic carbocycles. The summed E-state index contributed by atoms with van der Waals surface area (Å²) in [7, 11) is -4.42. The molecule has 4 aromatic rings. The summed E-state index contributed by atoms with van der Waals surface area (Å²) in [6.45, 7) is -0.469. The molecule has 0 spiro atoms. The van der Waals surface area contributed by atoms with Gasteiger partial charge in [-0.05, 0) is 54.8 Å². The van der Waals surface area contributed by atoms with Crippen molar-refractivity contribution in [3.8, 4) is 11.5 Å². The molecule has 1 saturated carbocycles. The van der Waals surface area contributed by atoms with Crippen LogP contribution in [0.4, 0.5) is 35.9 Å². The molecule has 2 N–H and O–H groups in total. The number of benzene rings is 2. The smallest absolute Gasteiger partial charge is 0.406 e. The molecular weight excluding hydrogens is 697 g/mol. The van der Waals surface area contributed by atoms with Crippen LogP contribution in [0, 0.1) is 5.82 Å². The van der Waals surface area contributed by atoms with Gasteiger partial charge >= 0.3 is 12.7 Å². The average molecular weight is 723 g/mol. The zero-order valence-corrected chi connectivity index (χ0v) is 26.0. The summed E-state index contributed by atoms with van der Waals surface area (Å²) >= 11 is 1.27. The van der Waals surface area contributed by atoms with Gasteiger partial charge in [-0.1, -0.05) is 17.4 Å². The third-order valence-corrected chi connectivity index (χ3v) is 10.5. The number of nitrogens with one attached hydrogen (secondary N) is 1. The Hall–Kier alpha value is -3.85. The van der Waals surface area contributed by atoms with Gasteiger partial charge in [-0.25, -0.2) is 22.8 Å². The molecule has 6 rings (SSSR count). The van der Waals surface area contributed by atoms with Crippen molar-refractivity contribution in [2.45, 2.75) is 55.2 Å². The number of aromatic nitrogens is 3. The number of anilines is 1. The minimum absolute atomic E-state index is 0.111. The first-order valence-corrected chi connectivity index (χ1v) is 16.5. The van der Waals surface area contributed by atoms with Gasteiger partial charge in [0.25, 0.3) is 0 Å². The molecule has 20 heteroatoms. The number of rotatable bonds is 10. The summed E-state index contributed by atoms with van der Waals surface area (Å²) in [6.07, 6.45) is -8.08. The Morgan fingerprint density at radius 2 is 1.71 bits per heavy atom. The maximum atomic E-state index is 14.3. The molecule has 2 aromatic carbocycles. The topological polar surface area (TPSA) is 130 Å². The number of halogens is 7. The molecule has 2 aromatic heterocycles. The van der Waals surface area contributed by atoms with Crippen molar-refractivity contribution in [1.29, 1.82) is 0 Å². The monoisotopic (exact) mass is 722 g/mol. The molecule has 1 saturated heterocycles. The highest BCUT2D eigenvalue weighted by Crippen LogP contribution is 2.39. The number of ether oxygens (including phenoxy) is 2. The van der Waals surface area contributed by atoms with Crippen molar-refractivity contribution in [3.05, 3.63) is 65.9 Å². The predicted octanol–water partition coefficient (Wildman–Crippen LogP) is 4.89. The fraction of sp³-hybridized carbons (Fsp3) is 0.393. The molecule has 2 aliphatic rings. The number of alkyl halides is 6. The Morgan fingerprint density at radius 3 is 2.35 bits per heavy atom. The zero-order chi connectivity index (χ0) is 34.4. The van der Waals surface area contributed by atoms with Crippen molar-refractivity contribution >= 4 is 36.8 Å². The number of fused-ring (bicyclic) bond motifs is 1. The van der Waals surface area contributed by atoms with Gasteiger partial charge in [0.2, 0.25) is 10.0 Å². The second-order valence-corrected chi connectivity index (χ2v) is 13.9. The number of thiazole rings is 1. The largest absolute Gasteiger partial charge is 0.573 e. The quantitative estimate of drug-likeness (QED) is 0.173. The van der Waals surface area contributed by atoms with E-state index in [0.717, 1.165) is 59.6 Å². The minimum Gasteiger partial charge on any atom is -0.406 e. The molecule has 1 unspecified atom stereocenters. The number of aliphatic hydroxyl groups is 1. The lowest BCUT2D eigenvalue weighted by molar-refractivity contribution is -0.276. The van der Waals surface area contributed by atoms with Crippen LogP contribution in [0.5, 0.6) is 11.5 Å². The van der Waals surface area contributed by atoms with Crippen LogP contribution in [0.2, 0.25) is 0 Å². The predicted molar refractivity (Wildman–Crippen MR) is 156 cm³/mol. The zero-order valence-electron chi connectivity index (χ0n) is 24.4. The van der Waals surface area contributed by atoms with Gasteiger partial charge < -0.3 is 19.5 Å². The molecule has 48 heavy (non-hydrogen) atoms. The van der Waals surface area contributed by atoms with E-state index in [9.17, 15) is 44.3 Å². The van der Waals surface area contributed by atoms with E-state index in [1.54, 1.807) is 11.1 Å². The van der Waals surface area contributed by atoms with Crippen molar-refractivity contribution in [2.75, 3.05) is 24.5 Å². The summed E-state index contributed by atoms with van der Waals surface area (Å²) in [6, 6.07) is 5.01. The fourth-order valence-corrected chi connectivity index (χ4v) is 7.63. The Morgan fingerprint density at radius 1 is 1.00 bits per heavy atom. The third kappa shape index (κ3) is 7.88. The Bertz CT molecular complexity index is 1890. The van der Waals surface area contributed by atoms with Crippen LogP contribution >= 0.6 is 11.3 Å². The summed E-state index contributed by atoms with van der Waals surface area (Å²) in [5, 5.41) is 14.4. The lowest BCUT2D eigenvalue weighted by atomic mass is 10.1. The Balaban J connectivity index is 1.24. The van der Waals surface area contributed by atoms with Gasteiger partial charge in [-0.15, -0.1) is 26.3 Å². The van der Waals surface area contributed by atoms with Gasteiger partial charge in [0.1, 0.15) is 17.8 Å². The first-order chi connectivity index (χ1) is 22.6. The maximum Gasteiger partial charge on any atom is 0.573 e. The Kier molecular flexibility index (Phi) is 9.13. The third-order valence-electron chi connectivity index (χ3n) is 7.50. The van der Waals surface area contributed by atoms with Crippen LogP contribution in [0.1, 0.15) is 30.1 Å². The van der Waals surface area contributed by atoms with Gasteiger partial charge in [0, 0.05) is 32.1 Å². The number of sulfonamides is 1. The van der Waals surface area contributed by atoms with Crippen molar-refractivity contribution in [2.24, 2.45) is 0 Å². The number of nitrogens with zero attached hydrogens (tertiary/aromatic N) is 5. The van der Waals surface area contributed by atoms with E-state index in [0.29, 0.717) is 21.3 Å². The molecule has 2 atom stereocenters. The first-order valence-electron chi connectivity index (χ1n) is 14.3. The summed E-state index contributed by atoms with van der Waals surface area (Å²) in [5.74, 6) is -2.02. The number of piperazine rings is 1. The fourth-order valence-electron chi connectivity index (χ4n) is 5.10. The van der Waals surface area contributed by atoms with Gasteiger partial charge in [0.15, 0.2) is 22.3 Å². The number of hydrogen-bond acceptors (Lipinski definition) is 11. The molecule has 2 fully saturated rings. The lowest BCUT2D eigenvalue weighted by Crippen LogP contribution is -2.62. The molecule has 3 heterocycles. The van der Waals surface area contributed by atoms with Gasteiger partial charge in [-0.3, -0.25) is 5.32 Å². The first kappa shape index (κ1) is 34.0. The molecule has 0 bridgehead atoms. The van der Waals surface area contributed by atoms with Crippen LogP contribution in [-0.2, 0) is 16.6 Å². The van der Waals surface area contributed by atoms with E-state index in [2.05, 4.69) is 29.7 Å². The summed E-state index contributed by atoms with van der Waals surface area (Å²) in [4.78, 5) is 14.9. The molecule has 0 amide bonds. The number of hydrogen-bond donors (Lipinski definition) is 2. The van der Waals surface area contributed by atoms with E-state index >= 15 is 0 Å². The lowest BCUT2D eigenvalue weighted by Gasteiger charge is -2.42. The highest BCUT2D eigenvalue weighted by atomic mass is 32.2. The molecule has 258 valence electrons.